The van der Waals surface area contributed by atoms with Gasteiger partial charge in [0, 0.05) is 30.8 Å². The molecule has 1 saturated heterocycles. The molecule has 1 aliphatic heterocycles. The number of rotatable bonds is 4. The first-order valence-corrected chi connectivity index (χ1v) is 8.32. The minimum atomic E-state index is -0.270. The lowest BCUT2D eigenvalue weighted by atomic mass is 10.1. The number of likely N-dealkylation sites (tertiary alicyclic amines) is 1. The summed E-state index contributed by atoms with van der Waals surface area (Å²) in [5.74, 6) is 0.238. The quantitative estimate of drug-likeness (QED) is 0.942. The van der Waals surface area contributed by atoms with Crippen LogP contribution >= 0.6 is 0 Å². The Labute approximate surface area is 140 Å². The molecular formula is C19H19N3O2. The number of aromatic nitrogens is 1. The Bertz CT molecular complexity index is 754. The zero-order valence-corrected chi connectivity index (χ0v) is 13.3. The van der Waals surface area contributed by atoms with Gasteiger partial charge in [-0.3, -0.25) is 9.59 Å². The number of pyridine rings is 1. The molecule has 2 aromatic rings. The van der Waals surface area contributed by atoms with Crippen LogP contribution in [0.4, 0.5) is 5.82 Å². The van der Waals surface area contributed by atoms with Gasteiger partial charge < -0.3 is 10.2 Å². The highest BCUT2D eigenvalue weighted by molar-refractivity contribution is 5.96. The van der Waals surface area contributed by atoms with Gasteiger partial charge in [-0.15, -0.1) is 0 Å². The molecule has 2 fully saturated rings. The maximum atomic E-state index is 12.4. The Morgan fingerprint density at radius 3 is 2.54 bits per heavy atom. The molecule has 1 aliphatic carbocycles. The summed E-state index contributed by atoms with van der Waals surface area (Å²) in [5, 5.41) is 2.83. The summed E-state index contributed by atoms with van der Waals surface area (Å²) in [5.41, 5.74) is 2.09. The molecular weight excluding hydrogens is 302 g/mol. The van der Waals surface area contributed by atoms with E-state index in [0.717, 1.165) is 24.0 Å². The summed E-state index contributed by atoms with van der Waals surface area (Å²) in [4.78, 5) is 30.5. The van der Waals surface area contributed by atoms with Gasteiger partial charge in [0.05, 0.1) is 5.92 Å². The second-order valence-electron chi connectivity index (χ2n) is 6.47. The lowest BCUT2D eigenvalue weighted by Gasteiger charge is -2.15. The molecule has 1 aromatic carbocycles. The summed E-state index contributed by atoms with van der Waals surface area (Å²) in [6.45, 7) is 0.539. The maximum Gasteiger partial charge on any atom is 0.230 e. The lowest BCUT2D eigenvalue weighted by Crippen LogP contribution is -2.30. The molecule has 122 valence electrons. The standard InChI is InChI=1S/C19H19N3O2/c23-18-10-15(12-22(18)16-7-8-16)19(24)21-17-9-6-14(11-20-17)13-4-2-1-3-5-13/h1-6,9,11,15-16H,7-8,10,12H2,(H,20,21,24)/t15-/m1/s1. The SMILES string of the molecule is O=C(Nc1ccc(-c2ccccc2)cn1)[C@@H]1CC(=O)N(C2CC2)C1. The summed E-state index contributed by atoms with van der Waals surface area (Å²) in [6.07, 6.45) is 4.21. The molecule has 2 heterocycles. The van der Waals surface area contributed by atoms with Gasteiger partial charge in [-0.05, 0) is 30.5 Å². The fourth-order valence-corrected chi connectivity index (χ4v) is 3.14. The van der Waals surface area contributed by atoms with Crippen LogP contribution in [0.5, 0.6) is 0 Å². The van der Waals surface area contributed by atoms with Crippen molar-refractivity contribution in [2.24, 2.45) is 5.92 Å². The van der Waals surface area contributed by atoms with Crippen molar-refractivity contribution in [2.45, 2.75) is 25.3 Å². The first-order chi connectivity index (χ1) is 11.7. The normalized spacial score (nSPS) is 20.2. The molecule has 1 aromatic heterocycles. The van der Waals surface area contributed by atoms with Crippen LogP contribution in [0.2, 0.25) is 0 Å². The third-order valence-electron chi connectivity index (χ3n) is 4.64. The zero-order valence-electron chi connectivity index (χ0n) is 13.3. The number of amides is 2. The topological polar surface area (TPSA) is 62.3 Å². The third-order valence-corrected chi connectivity index (χ3v) is 4.64. The van der Waals surface area contributed by atoms with E-state index in [0.29, 0.717) is 24.8 Å². The molecule has 5 heteroatoms. The van der Waals surface area contributed by atoms with E-state index >= 15 is 0 Å². The van der Waals surface area contributed by atoms with Crippen LogP contribution in [0.15, 0.2) is 48.7 Å². The van der Waals surface area contributed by atoms with Gasteiger partial charge in [0.2, 0.25) is 11.8 Å². The first-order valence-electron chi connectivity index (χ1n) is 8.32. The largest absolute Gasteiger partial charge is 0.339 e. The van der Waals surface area contributed by atoms with Gasteiger partial charge in [-0.1, -0.05) is 30.3 Å². The van der Waals surface area contributed by atoms with Crippen LogP contribution < -0.4 is 5.32 Å². The molecule has 5 nitrogen and oxygen atoms in total. The Morgan fingerprint density at radius 2 is 1.88 bits per heavy atom. The molecule has 24 heavy (non-hydrogen) atoms. The molecule has 1 saturated carbocycles. The van der Waals surface area contributed by atoms with E-state index in [1.807, 2.05) is 41.3 Å². The second-order valence-corrected chi connectivity index (χ2v) is 6.47. The summed E-state index contributed by atoms with van der Waals surface area (Å²) >= 11 is 0. The van der Waals surface area contributed by atoms with Crippen LogP contribution in [0.25, 0.3) is 11.1 Å². The number of anilines is 1. The van der Waals surface area contributed by atoms with Gasteiger partial charge in [0.1, 0.15) is 5.82 Å². The van der Waals surface area contributed by atoms with Gasteiger partial charge in [-0.25, -0.2) is 4.98 Å². The van der Waals surface area contributed by atoms with Crippen molar-refractivity contribution >= 4 is 17.6 Å². The van der Waals surface area contributed by atoms with E-state index in [4.69, 9.17) is 0 Å². The Kier molecular flexibility index (Phi) is 3.76. The molecule has 2 aliphatic rings. The number of hydrogen-bond donors (Lipinski definition) is 1. The van der Waals surface area contributed by atoms with Crippen molar-refractivity contribution in [3.8, 4) is 11.1 Å². The minimum Gasteiger partial charge on any atom is -0.339 e. The van der Waals surface area contributed by atoms with Crippen LogP contribution in [0.3, 0.4) is 0 Å². The smallest absolute Gasteiger partial charge is 0.230 e. The maximum absolute atomic E-state index is 12.4. The third kappa shape index (κ3) is 3.02. The van der Waals surface area contributed by atoms with Crippen LogP contribution in [0, 0.1) is 5.92 Å². The van der Waals surface area contributed by atoms with Gasteiger partial charge in [0.25, 0.3) is 0 Å². The minimum absolute atomic E-state index is 0.102. The fourth-order valence-electron chi connectivity index (χ4n) is 3.14. The Balaban J connectivity index is 1.40. The van der Waals surface area contributed by atoms with Gasteiger partial charge >= 0.3 is 0 Å². The highest BCUT2D eigenvalue weighted by atomic mass is 16.2. The highest BCUT2D eigenvalue weighted by Crippen LogP contribution is 2.32. The number of benzene rings is 1. The van der Waals surface area contributed by atoms with E-state index in [1.165, 1.54) is 0 Å². The average molecular weight is 321 g/mol. The number of carbonyl (C=O) groups excluding carboxylic acids is 2. The van der Waals surface area contributed by atoms with Gasteiger partial charge in [-0.2, -0.15) is 0 Å². The van der Waals surface area contributed by atoms with Crippen molar-refractivity contribution in [2.75, 3.05) is 11.9 Å². The van der Waals surface area contributed by atoms with Crippen molar-refractivity contribution in [3.05, 3.63) is 48.7 Å². The second kappa shape index (κ2) is 6.07. The number of nitrogens with zero attached hydrogens (tertiary/aromatic N) is 2. The van der Waals surface area contributed by atoms with Crippen molar-refractivity contribution in [1.82, 2.24) is 9.88 Å². The average Bonchev–Trinajstić information content (AvgIpc) is 3.38. The summed E-state index contributed by atoms with van der Waals surface area (Å²) < 4.78 is 0. The van der Waals surface area contributed by atoms with Crippen molar-refractivity contribution < 1.29 is 9.59 Å². The van der Waals surface area contributed by atoms with E-state index in [2.05, 4.69) is 10.3 Å². The summed E-state index contributed by atoms with van der Waals surface area (Å²) in [7, 11) is 0. The number of hydrogen-bond acceptors (Lipinski definition) is 3. The van der Waals surface area contributed by atoms with Crippen molar-refractivity contribution in [3.63, 3.8) is 0 Å². The molecule has 0 spiro atoms. The highest BCUT2D eigenvalue weighted by Gasteiger charge is 2.41. The monoisotopic (exact) mass is 321 g/mol. The van der Waals surface area contributed by atoms with Crippen LogP contribution in [-0.4, -0.2) is 34.3 Å². The molecule has 0 unspecified atom stereocenters. The Hall–Kier alpha value is -2.69. The number of carbonyl (C=O) groups is 2. The van der Waals surface area contributed by atoms with Crippen LogP contribution in [0.1, 0.15) is 19.3 Å². The molecule has 0 radical (unpaired) electrons. The van der Waals surface area contributed by atoms with E-state index in [1.54, 1.807) is 12.3 Å². The zero-order chi connectivity index (χ0) is 16.5. The predicted octanol–water partition coefficient (Wildman–Crippen LogP) is 2.70. The molecule has 1 atom stereocenters. The first kappa shape index (κ1) is 14.9. The molecule has 1 N–H and O–H groups in total. The molecule has 4 rings (SSSR count). The van der Waals surface area contributed by atoms with Crippen LogP contribution in [-0.2, 0) is 9.59 Å². The van der Waals surface area contributed by atoms with Crippen molar-refractivity contribution in [1.29, 1.82) is 0 Å². The molecule has 0 bridgehead atoms. The van der Waals surface area contributed by atoms with E-state index < -0.39 is 0 Å². The summed E-state index contributed by atoms with van der Waals surface area (Å²) in [6, 6.07) is 14.1. The van der Waals surface area contributed by atoms with E-state index in [9.17, 15) is 9.59 Å². The predicted molar refractivity (Wildman–Crippen MR) is 91.1 cm³/mol. The fraction of sp³-hybridized carbons (Fsp3) is 0.316. The molecule has 2 amide bonds. The van der Waals surface area contributed by atoms with Gasteiger partial charge in [0.15, 0.2) is 0 Å². The number of nitrogens with one attached hydrogen (secondary N) is 1. The lowest BCUT2D eigenvalue weighted by molar-refractivity contribution is -0.128. The van der Waals surface area contributed by atoms with E-state index in [-0.39, 0.29) is 17.7 Å². The Morgan fingerprint density at radius 1 is 1.08 bits per heavy atom.